The summed E-state index contributed by atoms with van der Waals surface area (Å²) in [6.45, 7) is 0. The van der Waals surface area contributed by atoms with Gasteiger partial charge in [0, 0.05) is 22.9 Å². The molecule has 0 aliphatic carbocycles. The maximum Gasteiger partial charge on any atom is 0.131 e. The molecule has 1 aromatic carbocycles. The molecule has 0 saturated heterocycles. The molecular formula is C13H14ClFN2OS. The molecule has 1 unspecified atom stereocenters. The van der Waals surface area contributed by atoms with E-state index < -0.39 is 0 Å². The quantitative estimate of drug-likeness (QED) is 0.658. The van der Waals surface area contributed by atoms with E-state index in [1.807, 2.05) is 12.1 Å². The Morgan fingerprint density at radius 1 is 1.42 bits per heavy atom. The number of thiophene rings is 1. The van der Waals surface area contributed by atoms with E-state index in [2.05, 4.69) is 5.43 Å². The van der Waals surface area contributed by atoms with Crippen LogP contribution in [0.25, 0.3) is 0 Å². The Kier molecular flexibility index (Phi) is 4.76. The summed E-state index contributed by atoms with van der Waals surface area (Å²) >= 11 is 7.34. The number of ether oxygens (including phenoxy) is 1. The summed E-state index contributed by atoms with van der Waals surface area (Å²) in [5.41, 5.74) is 3.14. The van der Waals surface area contributed by atoms with E-state index in [-0.39, 0.29) is 11.9 Å². The highest BCUT2D eigenvalue weighted by atomic mass is 35.5. The van der Waals surface area contributed by atoms with Gasteiger partial charge in [0.1, 0.15) is 11.6 Å². The summed E-state index contributed by atoms with van der Waals surface area (Å²) < 4.78 is 19.7. The minimum Gasteiger partial charge on any atom is -0.497 e. The lowest BCUT2D eigenvalue weighted by molar-refractivity contribution is 0.409. The molecular weight excluding hydrogens is 287 g/mol. The highest BCUT2D eigenvalue weighted by Crippen LogP contribution is 2.28. The molecule has 3 nitrogen and oxygen atoms in total. The fourth-order valence-corrected chi connectivity index (χ4v) is 2.97. The first-order valence-corrected chi connectivity index (χ1v) is 6.87. The number of methoxy groups -OCH3 is 1. The number of benzene rings is 1. The SMILES string of the molecule is COc1ccc(C(Cc2ccc(Cl)s2)NN)c(F)c1. The zero-order chi connectivity index (χ0) is 13.8. The summed E-state index contributed by atoms with van der Waals surface area (Å²) in [6, 6.07) is 8.16. The Bertz CT molecular complexity index is 561. The van der Waals surface area contributed by atoms with Crippen molar-refractivity contribution in [3.8, 4) is 5.75 Å². The van der Waals surface area contributed by atoms with E-state index in [4.69, 9.17) is 22.2 Å². The molecule has 3 N–H and O–H groups in total. The lowest BCUT2D eigenvalue weighted by Gasteiger charge is -2.16. The standard InChI is InChI=1S/C13H14ClFN2OS/c1-18-8-2-4-10(11(15)6-8)12(17-16)7-9-3-5-13(14)19-9/h2-6,12,17H,7,16H2,1H3. The van der Waals surface area contributed by atoms with Crippen molar-refractivity contribution in [3.63, 3.8) is 0 Å². The van der Waals surface area contributed by atoms with E-state index in [1.54, 1.807) is 12.1 Å². The molecule has 2 aromatic rings. The zero-order valence-corrected chi connectivity index (χ0v) is 11.9. The summed E-state index contributed by atoms with van der Waals surface area (Å²) in [4.78, 5) is 1.04. The molecule has 2 rings (SSSR count). The van der Waals surface area contributed by atoms with Crippen molar-refractivity contribution in [1.29, 1.82) is 0 Å². The minimum absolute atomic E-state index is 0.305. The van der Waals surface area contributed by atoms with E-state index in [9.17, 15) is 4.39 Å². The average Bonchev–Trinajstić information content (AvgIpc) is 2.81. The van der Waals surface area contributed by atoms with E-state index in [0.717, 1.165) is 4.88 Å². The Balaban J connectivity index is 2.21. The molecule has 0 aliphatic rings. The molecule has 0 saturated carbocycles. The largest absolute Gasteiger partial charge is 0.497 e. The molecule has 6 heteroatoms. The smallest absolute Gasteiger partial charge is 0.131 e. The monoisotopic (exact) mass is 300 g/mol. The number of rotatable bonds is 5. The van der Waals surface area contributed by atoms with Crippen LogP contribution in [-0.4, -0.2) is 7.11 Å². The summed E-state index contributed by atoms with van der Waals surface area (Å²) in [5.74, 6) is 5.66. The molecule has 0 spiro atoms. The average molecular weight is 301 g/mol. The van der Waals surface area contributed by atoms with Crippen LogP contribution >= 0.6 is 22.9 Å². The van der Waals surface area contributed by atoms with Crippen LogP contribution in [0, 0.1) is 5.82 Å². The van der Waals surface area contributed by atoms with Crippen molar-refractivity contribution in [1.82, 2.24) is 5.43 Å². The van der Waals surface area contributed by atoms with E-state index in [0.29, 0.717) is 22.1 Å². The van der Waals surface area contributed by atoms with Gasteiger partial charge in [0.15, 0.2) is 0 Å². The Morgan fingerprint density at radius 3 is 2.74 bits per heavy atom. The summed E-state index contributed by atoms with van der Waals surface area (Å²) in [5, 5.41) is 0. The highest BCUT2D eigenvalue weighted by Gasteiger charge is 2.16. The maximum atomic E-state index is 14.0. The lowest BCUT2D eigenvalue weighted by atomic mass is 10.0. The van der Waals surface area contributed by atoms with Crippen molar-refractivity contribution in [3.05, 3.63) is 50.9 Å². The maximum absolute atomic E-state index is 14.0. The first-order valence-electron chi connectivity index (χ1n) is 5.68. The van der Waals surface area contributed by atoms with Crippen LogP contribution in [0.5, 0.6) is 5.75 Å². The summed E-state index contributed by atoms with van der Waals surface area (Å²) in [6.07, 6.45) is 0.580. The Labute approximate surface area is 120 Å². The normalized spacial score (nSPS) is 12.4. The van der Waals surface area contributed by atoms with Gasteiger partial charge in [0.25, 0.3) is 0 Å². The summed E-state index contributed by atoms with van der Waals surface area (Å²) in [7, 11) is 1.50. The molecule has 1 aromatic heterocycles. The Morgan fingerprint density at radius 2 is 2.21 bits per heavy atom. The second kappa shape index (κ2) is 6.34. The number of nitrogens with one attached hydrogen (secondary N) is 1. The van der Waals surface area contributed by atoms with Gasteiger partial charge in [-0.15, -0.1) is 11.3 Å². The molecule has 1 atom stereocenters. The molecule has 0 bridgehead atoms. The van der Waals surface area contributed by atoms with Crippen LogP contribution < -0.4 is 16.0 Å². The molecule has 102 valence electrons. The van der Waals surface area contributed by atoms with Gasteiger partial charge in [-0.2, -0.15) is 0 Å². The predicted molar refractivity (Wildman–Crippen MR) is 76.0 cm³/mol. The third-order valence-corrected chi connectivity index (χ3v) is 4.07. The molecule has 1 heterocycles. The molecule has 0 radical (unpaired) electrons. The van der Waals surface area contributed by atoms with E-state index in [1.165, 1.54) is 24.5 Å². The van der Waals surface area contributed by atoms with Crippen LogP contribution in [0.1, 0.15) is 16.5 Å². The van der Waals surface area contributed by atoms with Crippen LogP contribution in [0.2, 0.25) is 4.34 Å². The number of nitrogens with two attached hydrogens (primary N) is 1. The van der Waals surface area contributed by atoms with Gasteiger partial charge >= 0.3 is 0 Å². The zero-order valence-electron chi connectivity index (χ0n) is 10.3. The van der Waals surface area contributed by atoms with Crippen molar-refractivity contribution >= 4 is 22.9 Å². The first-order chi connectivity index (χ1) is 9.13. The molecule has 0 aliphatic heterocycles. The van der Waals surface area contributed by atoms with Gasteiger partial charge in [0.2, 0.25) is 0 Å². The van der Waals surface area contributed by atoms with Crippen LogP contribution in [0.4, 0.5) is 4.39 Å². The van der Waals surface area contributed by atoms with Gasteiger partial charge in [-0.1, -0.05) is 17.7 Å². The number of hydrazine groups is 1. The second-order valence-electron chi connectivity index (χ2n) is 4.02. The van der Waals surface area contributed by atoms with Crippen molar-refractivity contribution in [2.45, 2.75) is 12.5 Å². The molecule has 0 amide bonds. The number of hydrogen-bond donors (Lipinski definition) is 2. The third kappa shape index (κ3) is 3.45. The minimum atomic E-state index is -0.343. The topological polar surface area (TPSA) is 47.3 Å². The van der Waals surface area contributed by atoms with Crippen molar-refractivity contribution in [2.75, 3.05) is 7.11 Å². The molecule has 19 heavy (non-hydrogen) atoms. The van der Waals surface area contributed by atoms with Crippen LogP contribution in [-0.2, 0) is 6.42 Å². The second-order valence-corrected chi connectivity index (χ2v) is 5.82. The molecule has 0 fully saturated rings. The van der Waals surface area contributed by atoms with Gasteiger partial charge < -0.3 is 4.74 Å². The fourth-order valence-electron chi connectivity index (χ4n) is 1.84. The third-order valence-electron chi connectivity index (χ3n) is 2.82. The number of hydrogen-bond acceptors (Lipinski definition) is 4. The van der Waals surface area contributed by atoms with Crippen LogP contribution in [0.15, 0.2) is 30.3 Å². The number of halogens is 2. The van der Waals surface area contributed by atoms with Gasteiger partial charge in [-0.05, 0) is 18.2 Å². The Hall–Kier alpha value is -1.14. The van der Waals surface area contributed by atoms with Crippen LogP contribution in [0.3, 0.4) is 0 Å². The van der Waals surface area contributed by atoms with E-state index >= 15 is 0 Å². The van der Waals surface area contributed by atoms with Gasteiger partial charge in [0.05, 0.1) is 17.5 Å². The van der Waals surface area contributed by atoms with Crippen molar-refractivity contribution < 1.29 is 9.13 Å². The predicted octanol–water partition coefficient (Wildman–Crippen LogP) is 3.30. The van der Waals surface area contributed by atoms with Gasteiger partial charge in [-0.3, -0.25) is 11.3 Å². The lowest BCUT2D eigenvalue weighted by Crippen LogP contribution is -2.30. The highest BCUT2D eigenvalue weighted by molar-refractivity contribution is 7.16. The fraction of sp³-hybridized carbons (Fsp3) is 0.231. The van der Waals surface area contributed by atoms with Crippen molar-refractivity contribution in [2.24, 2.45) is 5.84 Å². The van der Waals surface area contributed by atoms with Gasteiger partial charge in [-0.25, -0.2) is 4.39 Å². The first kappa shape index (κ1) is 14.3.